The van der Waals surface area contributed by atoms with Crippen LogP contribution in [0.1, 0.15) is 23.7 Å². The quantitative estimate of drug-likeness (QED) is 0.671. The Morgan fingerprint density at radius 3 is 2.55 bits per heavy atom. The molecule has 2 aromatic rings. The van der Waals surface area contributed by atoms with Gasteiger partial charge in [-0.2, -0.15) is 5.26 Å². The molecule has 2 rings (SSSR count). The zero-order valence-corrected chi connectivity index (χ0v) is 19.0. The van der Waals surface area contributed by atoms with Gasteiger partial charge in [-0.3, -0.25) is 4.79 Å². The Balaban J connectivity index is 2.25. The summed E-state index contributed by atoms with van der Waals surface area (Å²) >= 11 is 7.20. The highest BCUT2D eigenvalue weighted by molar-refractivity contribution is 8.00. The van der Waals surface area contributed by atoms with E-state index in [1.54, 1.807) is 6.92 Å². The predicted octanol–water partition coefficient (Wildman–Crippen LogP) is 3.59. The van der Waals surface area contributed by atoms with Crippen LogP contribution >= 0.6 is 23.4 Å². The van der Waals surface area contributed by atoms with Crippen molar-refractivity contribution in [1.29, 1.82) is 5.26 Å². The lowest BCUT2D eigenvalue weighted by Crippen LogP contribution is -2.24. The van der Waals surface area contributed by atoms with E-state index in [2.05, 4.69) is 16.4 Å². The second-order valence-electron chi connectivity index (χ2n) is 6.55. The molecule has 0 fully saturated rings. The molecule has 1 aromatic carbocycles. The van der Waals surface area contributed by atoms with Crippen LogP contribution in [0.25, 0.3) is 0 Å². The van der Waals surface area contributed by atoms with E-state index in [1.807, 2.05) is 19.9 Å². The summed E-state index contributed by atoms with van der Waals surface area (Å²) in [5.41, 5.74) is 2.30. The van der Waals surface area contributed by atoms with E-state index < -0.39 is 15.3 Å². The highest BCUT2D eigenvalue weighted by Crippen LogP contribution is 2.30. The van der Waals surface area contributed by atoms with E-state index in [4.69, 9.17) is 11.6 Å². The van der Waals surface area contributed by atoms with Gasteiger partial charge in [0, 0.05) is 25.5 Å². The summed E-state index contributed by atoms with van der Waals surface area (Å²) in [4.78, 5) is 16.9. The molecule has 0 aliphatic rings. The highest BCUT2D eigenvalue weighted by atomic mass is 35.5. The first kappa shape index (κ1) is 23.2. The van der Waals surface area contributed by atoms with Crippen LogP contribution in [0.3, 0.4) is 0 Å². The minimum Gasteiger partial charge on any atom is -0.325 e. The third-order valence-electron chi connectivity index (χ3n) is 4.04. The lowest BCUT2D eigenvalue weighted by Gasteiger charge is -2.16. The van der Waals surface area contributed by atoms with Gasteiger partial charge in [-0.15, -0.1) is 0 Å². The molecule has 10 heteroatoms. The lowest BCUT2D eigenvalue weighted by molar-refractivity contribution is -0.115. The highest BCUT2D eigenvalue weighted by Gasteiger charge is 2.23. The molecular formula is C19H21ClN4O3S2. The van der Waals surface area contributed by atoms with Gasteiger partial charge in [0.2, 0.25) is 15.9 Å². The Morgan fingerprint density at radius 1 is 1.31 bits per heavy atom. The Hall–Kier alpha value is -2.12. The summed E-state index contributed by atoms with van der Waals surface area (Å²) in [6.45, 7) is 5.33. The van der Waals surface area contributed by atoms with E-state index in [1.165, 1.54) is 44.1 Å². The average Bonchev–Trinajstić information content (AvgIpc) is 2.62. The smallest absolute Gasteiger partial charge is 0.244 e. The number of hydrogen-bond donors (Lipinski definition) is 1. The topological polar surface area (TPSA) is 103 Å². The maximum Gasteiger partial charge on any atom is 0.244 e. The fraction of sp³-hybridized carbons (Fsp3) is 0.316. The standard InChI is InChI=1S/C19H21ClN4O3S2/c1-11-8-12(2)22-19(15(11)10-21)28-13(3)18(25)23-14-6-7-16(20)17(9-14)29(26,27)24(4)5/h6-9,13H,1-5H3,(H,23,25). The number of thioether (sulfide) groups is 1. The van der Waals surface area contributed by atoms with Crippen molar-refractivity contribution in [3.8, 4) is 6.07 Å². The number of carbonyl (C=O) groups is 1. The molecule has 1 N–H and O–H groups in total. The third-order valence-corrected chi connectivity index (χ3v) is 7.42. The number of nitrogens with one attached hydrogen (secondary N) is 1. The van der Waals surface area contributed by atoms with Gasteiger partial charge < -0.3 is 5.32 Å². The average molecular weight is 453 g/mol. The SMILES string of the molecule is Cc1cc(C)c(C#N)c(SC(C)C(=O)Nc2ccc(Cl)c(S(=O)(=O)N(C)C)c2)n1. The molecule has 7 nitrogen and oxygen atoms in total. The maximum atomic E-state index is 12.6. The Kier molecular flexibility index (Phi) is 7.30. The van der Waals surface area contributed by atoms with E-state index in [9.17, 15) is 18.5 Å². The van der Waals surface area contributed by atoms with Crippen molar-refractivity contribution >= 4 is 45.0 Å². The van der Waals surface area contributed by atoms with Crippen molar-refractivity contribution in [2.24, 2.45) is 0 Å². The summed E-state index contributed by atoms with van der Waals surface area (Å²) in [6, 6.07) is 8.21. The van der Waals surface area contributed by atoms with Gasteiger partial charge in [0.05, 0.1) is 15.8 Å². The fourth-order valence-corrected chi connectivity index (χ4v) is 4.88. The van der Waals surface area contributed by atoms with Gasteiger partial charge >= 0.3 is 0 Å². The van der Waals surface area contributed by atoms with Gasteiger partial charge in [0.25, 0.3) is 0 Å². The molecule has 0 radical (unpaired) electrons. The van der Waals surface area contributed by atoms with Crippen molar-refractivity contribution < 1.29 is 13.2 Å². The number of carbonyl (C=O) groups excluding carboxylic acids is 1. The molecule has 29 heavy (non-hydrogen) atoms. The second-order valence-corrected chi connectivity index (χ2v) is 10.4. The molecule has 1 unspecified atom stereocenters. The maximum absolute atomic E-state index is 12.6. The number of hydrogen-bond acceptors (Lipinski definition) is 6. The minimum absolute atomic E-state index is 0.0669. The first-order valence-electron chi connectivity index (χ1n) is 8.55. The number of anilines is 1. The number of amides is 1. The first-order valence-corrected chi connectivity index (χ1v) is 11.2. The van der Waals surface area contributed by atoms with Gasteiger partial charge in [-0.05, 0) is 50.6 Å². The molecular weight excluding hydrogens is 432 g/mol. The van der Waals surface area contributed by atoms with Crippen LogP contribution in [0.2, 0.25) is 5.02 Å². The number of nitriles is 1. The number of benzene rings is 1. The molecule has 1 atom stereocenters. The minimum atomic E-state index is -3.75. The Bertz CT molecular complexity index is 1100. The number of nitrogens with zero attached hydrogens (tertiary/aromatic N) is 3. The zero-order valence-electron chi connectivity index (χ0n) is 16.6. The van der Waals surface area contributed by atoms with Crippen molar-refractivity contribution in [2.45, 2.75) is 35.9 Å². The summed E-state index contributed by atoms with van der Waals surface area (Å²) in [5, 5.41) is 12.1. The van der Waals surface area contributed by atoms with Gasteiger partial charge in [-0.1, -0.05) is 23.4 Å². The van der Waals surface area contributed by atoms with Gasteiger partial charge in [-0.25, -0.2) is 17.7 Å². The van der Waals surface area contributed by atoms with Crippen molar-refractivity contribution in [3.63, 3.8) is 0 Å². The van der Waals surface area contributed by atoms with Gasteiger partial charge in [0.1, 0.15) is 16.0 Å². The first-order chi connectivity index (χ1) is 13.5. The third kappa shape index (κ3) is 5.28. The Labute approximate surface area is 180 Å². The summed E-state index contributed by atoms with van der Waals surface area (Å²) < 4.78 is 25.8. The van der Waals surface area contributed by atoms with Crippen molar-refractivity contribution in [3.05, 3.63) is 46.1 Å². The summed E-state index contributed by atoms with van der Waals surface area (Å²) in [6.07, 6.45) is 0. The van der Waals surface area contributed by atoms with Crippen LogP contribution in [-0.2, 0) is 14.8 Å². The van der Waals surface area contributed by atoms with Crippen molar-refractivity contribution in [2.75, 3.05) is 19.4 Å². The fourth-order valence-electron chi connectivity index (χ4n) is 2.46. The number of pyridine rings is 1. The molecule has 0 spiro atoms. The molecule has 1 amide bonds. The normalized spacial score (nSPS) is 12.5. The summed E-state index contributed by atoms with van der Waals surface area (Å²) in [7, 11) is -0.950. The van der Waals surface area contributed by atoms with E-state index in [0.717, 1.165) is 15.6 Å². The number of halogens is 1. The lowest BCUT2D eigenvalue weighted by atomic mass is 10.1. The van der Waals surface area contributed by atoms with E-state index in [-0.39, 0.29) is 15.8 Å². The largest absolute Gasteiger partial charge is 0.325 e. The predicted molar refractivity (Wildman–Crippen MR) is 115 cm³/mol. The van der Waals surface area contributed by atoms with Crippen LogP contribution in [0.15, 0.2) is 34.2 Å². The molecule has 0 saturated heterocycles. The number of rotatable bonds is 6. The Morgan fingerprint density at radius 2 is 1.97 bits per heavy atom. The van der Waals surface area contributed by atoms with E-state index >= 15 is 0 Å². The molecule has 0 bridgehead atoms. The zero-order chi connectivity index (χ0) is 21.9. The molecule has 1 aromatic heterocycles. The number of sulfonamides is 1. The van der Waals surface area contributed by atoms with Crippen LogP contribution in [0, 0.1) is 25.2 Å². The monoisotopic (exact) mass is 452 g/mol. The molecule has 0 saturated carbocycles. The van der Waals surface area contributed by atoms with E-state index in [0.29, 0.717) is 16.3 Å². The second kappa shape index (κ2) is 9.13. The van der Waals surface area contributed by atoms with Crippen LogP contribution in [-0.4, -0.2) is 43.0 Å². The number of aromatic nitrogens is 1. The number of aryl methyl sites for hydroxylation is 2. The molecule has 1 heterocycles. The van der Waals surface area contributed by atoms with Crippen LogP contribution < -0.4 is 5.32 Å². The van der Waals surface area contributed by atoms with Crippen LogP contribution in [0.4, 0.5) is 5.69 Å². The van der Waals surface area contributed by atoms with Crippen molar-refractivity contribution in [1.82, 2.24) is 9.29 Å². The van der Waals surface area contributed by atoms with Gasteiger partial charge in [0.15, 0.2) is 0 Å². The van der Waals surface area contributed by atoms with Crippen LogP contribution in [0.5, 0.6) is 0 Å². The summed E-state index contributed by atoms with van der Waals surface area (Å²) in [5.74, 6) is -0.352. The molecule has 154 valence electrons. The molecule has 0 aliphatic carbocycles. The molecule has 0 aliphatic heterocycles.